The van der Waals surface area contributed by atoms with Crippen LogP contribution in [0.15, 0.2) is 66.7 Å². The van der Waals surface area contributed by atoms with Gasteiger partial charge in [0.05, 0.1) is 6.04 Å². The molecule has 2 aromatic rings. The quantitative estimate of drug-likeness (QED) is 0.495. The summed E-state index contributed by atoms with van der Waals surface area (Å²) in [6.45, 7) is 6.89. The number of amides is 2. The number of carbonyl (C=O) groups excluding carboxylic acids is 2. The first-order valence-electron chi connectivity index (χ1n) is 14.7. The highest BCUT2D eigenvalue weighted by Crippen LogP contribution is 2.65. The number of aryl methyl sites for hydroxylation is 1. The van der Waals surface area contributed by atoms with Gasteiger partial charge >= 0.3 is 0 Å². The van der Waals surface area contributed by atoms with E-state index in [1.807, 2.05) is 6.07 Å². The van der Waals surface area contributed by atoms with E-state index >= 15 is 0 Å². The first-order chi connectivity index (χ1) is 18.3. The van der Waals surface area contributed by atoms with Crippen LogP contribution >= 0.6 is 0 Å². The van der Waals surface area contributed by atoms with Gasteiger partial charge in [-0.2, -0.15) is 0 Å². The van der Waals surface area contributed by atoms with E-state index in [2.05, 4.69) is 86.0 Å². The molecule has 4 aliphatic rings. The molecule has 2 aromatic carbocycles. The summed E-state index contributed by atoms with van der Waals surface area (Å²) in [7, 11) is 0. The number of carbonyl (C=O) groups is 2. The number of hydrogen-bond acceptors (Lipinski definition) is 2. The molecule has 3 saturated carbocycles. The first kappa shape index (κ1) is 25.4. The SMILES string of the molecule is Cc1ccc(C[C@H](NC(=O)C2CC[C@H]3[C@@H]4CCC5NC(=O)C=C[C@]5(C)[C@@H]4CC[C@]23C)c2ccccc2)cc1. The summed E-state index contributed by atoms with van der Waals surface area (Å²) in [5.74, 6) is 2.14. The third-order valence-corrected chi connectivity index (χ3v) is 11.1. The van der Waals surface area contributed by atoms with Crippen molar-refractivity contribution in [3.05, 3.63) is 83.4 Å². The van der Waals surface area contributed by atoms with Crippen molar-refractivity contribution in [2.24, 2.45) is 34.5 Å². The van der Waals surface area contributed by atoms with E-state index in [4.69, 9.17) is 0 Å². The van der Waals surface area contributed by atoms with Crippen LogP contribution in [-0.4, -0.2) is 17.9 Å². The second kappa shape index (κ2) is 9.70. The van der Waals surface area contributed by atoms with E-state index in [1.54, 1.807) is 6.08 Å². The minimum absolute atomic E-state index is 0.0317. The molecule has 3 aliphatic carbocycles. The van der Waals surface area contributed by atoms with Crippen LogP contribution < -0.4 is 10.6 Å². The van der Waals surface area contributed by atoms with E-state index in [1.165, 1.54) is 16.7 Å². The van der Waals surface area contributed by atoms with Crippen molar-refractivity contribution in [2.45, 2.75) is 77.8 Å². The highest BCUT2D eigenvalue weighted by atomic mass is 16.2. The second-order valence-corrected chi connectivity index (χ2v) is 13.1. The first-order valence-corrected chi connectivity index (χ1v) is 14.7. The minimum Gasteiger partial charge on any atom is -0.349 e. The predicted molar refractivity (Wildman–Crippen MR) is 151 cm³/mol. The molecule has 2 N–H and O–H groups in total. The van der Waals surface area contributed by atoms with Crippen LogP contribution in [0.5, 0.6) is 0 Å². The third-order valence-electron chi connectivity index (χ3n) is 11.1. The highest BCUT2D eigenvalue weighted by molar-refractivity contribution is 5.89. The van der Waals surface area contributed by atoms with E-state index in [9.17, 15) is 9.59 Å². The van der Waals surface area contributed by atoms with Crippen LogP contribution in [0.4, 0.5) is 0 Å². The zero-order valence-corrected chi connectivity index (χ0v) is 23.1. The Balaban J connectivity index is 1.21. The summed E-state index contributed by atoms with van der Waals surface area (Å²) in [5, 5.41) is 6.79. The monoisotopic (exact) mass is 510 g/mol. The van der Waals surface area contributed by atoms with Gasteiger partial charge in [0.2, 0.25) is 11.8 Å². The van der Waals surface area contributed by atoms with Crippen molar-refractivity contribution in [2.75, 3.05) is 0 Å². The van der Waals surface area contributed by atoms with Gasteiger partial charge in [0.1, 0.15) is 0 Å². The molecule has 4 heteroatoms. The van der Waals surface area contributed by atoms with Crippen molar-refractivity contribution in [1.82, 2.24) is 10.6 Å². The van der Waals surface area contributed by atoms with Gasteiger partial charge in [-0.3, -0.25) is 9.59 Å². The van der Waals surface area contributed by atoms with Gasteiger partial charge in [0.15, 0.2) is 0 Å². The van der Waals surface area contributed by atoms with Crippen molar-refractivity contribution in [3.8, 4) is 0 Å². The second-order valence-electron chi connectivity index (χ2n) is 13.1. The number of hydrogen-bond donors (Lipinski definition) is 2. The lowest BCUT2D eigenvalue weighted by Gasteiger charge is -2.58. The Morgan fingerprint density at radius 2 is 1.74 bits per heavy atom. The third kappa shape index (κ3) is 4.30. The Kier molecular flexibility index (Phi) is 6.48. The van der Waals surface area contributed by atoms with Gasteiger partial charge in [0.25, 0.3) is 0 Å². The molecular formula is C34H42N2O2. The molecule has 0 bridgehead atoms. The smallest absolute Gasteiger partial charge is 0.243 e. The van der Waals surface area contributed by atoms with Gasteiger partial charge in [0, 0.05) is 17.4 Å². The van der Waals surface area contributed by atoms with Crippen LogP contribution in [0, 0.1) is 41.4 Å². The minimum atomic E-state index is -0.0317. The Bertz CT molecular complexity index is 1220. The van der Waals surface area contributed by atoms with Gasteiger partial charge < -0.3 is 10.6 Å². The molecule has 3 fully saturated rings. The van der Waals surface area contributed by atoms with Crippen LogP contribution in [0.3, 0.4) is 0 Å². The summed E-state index contributed by atoms with van der Waals surface area (Å²) in [5.41, 5.74) is 3.75. The van der Waals surface area contributed by atoms with Crippen LogP contribution in [0.1, 0.15) is 75.1 Å². The van der Waals surface area contributed by atoms with Gasteiger partial charge in [-0.25, -0.2) is 0 Å². The number of rotatable bonds is 5. The lowest BCUT2D eigenvalue weighted by Crippen LogP contribution is -2.59. The Morgan fingerprint density at radius 3 is 2.50 bits per heavy atom. The van der Waals surface area contributed by atoms with Crippen molar-refractivity contribution in [3.63, 3.8) is 0 Å². The molecule has 38 heavy (non-hydrogen) atoms. The van der Waals surface area contributed by atoms with Crippen LogP contribution in [-0.2, 0) is 16.0 Å². The van der Waals surface area contributed by atoms with Gasteiger partial charge in [-0.15, -0.1) is 0 Å². The fourth-order valence-corrected chi connectivity index (χ4v) is 8.93. The van der Waals surface area contributed by atoms with E-state index in [0.717, 1.165) is 44.9 Å². The Hall–Kier alpha value is -2.88. The molecule has 0 spiro atoms. The molecular weight excluding hydrogens is 468 g/mol. The summed E-state index contributed by atoms with van der Waals surface area (Å²) >= 11 is 0. The normalized spacial score (nSPS) is 36.4. The zero-order valence-electron chi connectivity index (χ0n) is 23.1. The predicted octanol–water partition coefficient (Wildman–Crippen LogP) is 6.31. The largest absolute Gasteiger partial charge is 0.349 e. The molecule has 0 aromatic heterocycles. The van der Waals surface area contributed by atoms with Crippen LogP contribution in [0.2, 0.25) is 0 Å². The zero-order chi connectivity index (χ0) is 26.5. The highest BCUT2D eigenvalue weighted by Gasteiger charge is 2.60. The Labute approximate surface area is 227 Å². The standard InChI is InChI=1S/C34H42N2O2/c1-22-9-11-23(12-10-22)21-29(24-7-5-4-6-8-24)35-32(38)28-15-14-26-25-13-16-30-34(3,20-18-31(37)36-30)27(25)17-19-33(26,28)2/h4-12,18,20,25-30H,13-17,19,21H2,1-3H3,(H,35,38)(H,36,37)/t25-,26-,27+,28?,29-,30?,33-,34+/m0/s1. The molecule has 2 amide bonds. The Morgan fingerprint density at radius 1 is 0.974 bits per heavy atom. The van der Waals surface area contributed by atoms with Gasteiger partial charge in [-0.05, 0) is 92.2 Å². The van der Waals surface area contributed by atoms with Gasteiger partial charge in [-0.1, -0.05) is 80.1 Å². The molecule has 200 valence electrons. The molecule has 8 atom stereocenters. The fraction of sp³-hybridized carbons (Fsp3) is 0.529. The van der Waals surface area contributed by atoms with Crippen molar-refractivity contribution >= 4 is 11.8 Å². The molecule has 0 radical (unpaired) electrons. The topological polar surface area (TPSA) is 58.2 Å². The lowest BCUT2D eigenvalue weighted by molar-refractivity contribution is -0.134. The number of nitrogens with one attached hydrogen (secondary N) is 2. The molecule has 6 rings (SSSR count). The summed E-state index contributed by atoms with van der Waals surface area (Å²) < 4.78 is 0. The van der Waals surface area contributed by atoms with Crippen molar-refractivity contribution in [1.29, 1.82) is 0 Å². The van der Waals surface area contributed by atoms with E-state index < -0.39 is 0 Å². The maximum Gasteiger partial charge on any atom is 0.243 e. The summed E-state index contributed by atoms with van der Waals surface area (Å²) in [6, 6.07) is 19.3. The van der Waals surface area contributed by atoms with Crippen LogP contribution in [0.25, 0.3) is 0 Å². The molecule has 4 nitrogen and oxygen atoms in total. The number of fused-ring (bicyclic) bond motifs is 5. The average molecular weight is 511 g/mol. The molecule has 1 heterocycles. The number of benzene rings is 2. The molecule has 0 saturated heterocycles. The maximum atomic E-state index is 14.1. The molecule has 1 aliphatic heterocycles. The fourth-order valence-electron chi connectivity index (χ4n) is 8.93. The average Bonchev–Trinajstić information content (AvgIpc) is 3.28. The van der Waals surface area contributed by atoms with E-state index in [0.29, 0.717) is 17.8 Å². The maximum absolute atomic E-state index is 14.1. The van der Waals surface area contributed by atoms with Crippen molar-refractivity contribution < 1.29 is 9.59 Å². The molecule has 2 unspecified atom stereocenters. The van der Waals surface area contributed by atoms with E-state index in [-0.39, 0.29) is 40.6 Å². The lowest BCUT2D eigenvalue weighted by atomic mass is 9.48. The summed E-state index contributed by atoms with van der Waals surface area (Å²) in [4.78, 5) is 26.1. The summed E-state index contributed by atoms with van der Waals surface area (Å²) in [6.07, 6.45) is 11.3.